The van der Waals surface area contributed by atoms with Crippen molar-refractivity contribution in [2.24, 2.45) is 0 Å². The van der Waals surface area contributed by atoms with Crippen LogP contribution in [0.15, 0.2) is 18.5 Å². The number of H-pyrrole nitrogens is 1. The van der Waals surface area contributed by atoms with Gasteiger partial charge in [0, 0.05) is 12.3 Å². The van der Waals surface area contributed by atoms with Crippen LogP contribution in [0.25, 0.3) is 0 Å². The molecule has 1 saturated heterocycles. The van der Waals surface area contributed by atoms with Gasteiger partial charge in [0.05, 0.1) is 43.3 Å². The Hall–Kier alpha value is -2.40. The molecule has 11 heteroatoms. The zero-order valence-electron chi connectivity index (χ0n) is 12.9. The number of aromatic nitrogens is 4. The molecule has 1 radical (unpaired) electrons. The molecular weight excluding hydrogens is 343 g/mol. The summed E-state index contributed by atoms with van der Waals surface area (Å²) in [5, 5.41) is 13.2. The van der Waals surface area contributed by atoms with E-state index in [1.165, 1.54) is 17.1 Å². The highest BCUT2D eigenvalue weighted by molar-refractivity contribution is 6.03. The summed E-state index contributed by atoms with van der Waals surface area (Å²) in [7, 11) is 0. The fourth-order valence-electron chi connectivity index (χ4n) is 2.30. The molecule has 3 heterocycles. The number of halogens is 3. The molecule has 0 bridgehead atoms. The Morgan fingerprint density at radius 2 is 2.36 bits per heavy atom. The largest absolute Gasteiger partial charge is 0.522 e. The Kier molecular flexibility index (Phi) is 5.04. The van der Waals surface area contributed by atoms with Crippen LogP contribution < -0.4 is 5.32 Å². The van der Waals surface area contributed by atoms with E-state index in [9.17, 15) is 18.0 Å². The lowest BCUT2D eigenvalue weighted by molar-refractivity contribution is -0.325. The molecule has 0 spiro atoms. The first-order chi connectivity index (χ1) is 11.9. The molecule has 135 valence electrons. The minimum atomic E-state index is -4.69. The highest BCUT2D eigenvalue weighted by Gasteiger charge is 2.28. The van der Waals surface area contributed by atoms with Gasteiger partial charge in [-0.25, -0.2) is 0 Å². The lowest BCUT2D eigenvalue weighted by atomic mass is 10.2. The summed E-state index contributed by atoms with van der Waals surface area (Å²) >= 11 is 0. The second kappa shape index (κ2) is 7.23. The number of nitrogens with one attached hydrogen (secondary N) is 2. The average molecular weight is 358 g/mol. The van der Waals surface area contributed by atoms with Gasteiger partial charge in [-0.15, -0.1) is 13.2 Å². The first kappa shape index (κ1) is 17.4. The van der Waals surface area contributed by atoms with Crippen LogP contribution in [0, 0.1) is 6.42 Å². The van der Waals surface area contributed by atoms with Crippen molar-refractivity contribution in [3.8, 4) is 0 Å². The molecule has 2 N–H and O–H groups in total. The smallest absolute Gasteiger partial charge is 0.372 e. The second-order valence-corrected chi connectivity index (χ2v) is 5.30. The molecule has 1 aliphatic rings. The van der Waals surface area contributed by atoms with E-state index in [0.29, 0.717) is 12.4 Å². The van der Waals surface area contributed by atoms with Crippen molar-refractivity contribution < 1.29 is 27.4 Å². The molecule has 2 aromatic heterocycles. The number of rotatable bonds is 6. The van der Waals surface area contributed by atoms with E-state index >= 15 is 0 Å². The predicted octanol–water partition coefficient (Wildman–Crippen LogP) is 2.06. The van der Waals surface area contributed by atoms with Gasteiger partial charge in [0.25, 0.3) is 5.91 Å². The van der Waals surface area contributed by atoms with Crippen LogP contribution in [-0.2, 0) is 16.0 Å². The first-order valence-corrected chi connectivity index (χ1v) is 7.44. The molecule has 2 aromatic rings. The molecule has 1 fully saturated rings. The van der Waals surface area contributed by atoms with Crippen molar-refractivity contribution >= 4 is 11.7 Å². The molecule has 0 saturated carbocycles. The van der Waals surface area contributed by atoms with Crippen molar-refractivity contribution in [1.82, 2.24) is 20.0 Å². The standard InChI is InChI=1S/C14H15F3N5O3/c15-14(16,17)25-5-3-22-8-9(7-18-22)13(23)19-12-6-10(20-21-12)11-2-1-4-24-11/h1,6-8,11H,2-5H2,(H2,19,20,21,23)/t11-/m0/s1. The number of nitrogens with zero attached hydrogens (tertiary/aromatic N) is 3. The van der Waals surface area contributed by atoms with Gasteiger partial charge in [-0.3, -0.25) is 19.3 Å². The summed E-state index contributed by atoms with van der Waals surface area (Å²) in [6.45, 7) is -0.148. The molecule has 8 nitrogen and oxygen atoms in total. The quantitative estimate of drug-likeness (QED) is 0.824. The van der Waals surface area contributed by atoms with Crippen molar-refractivity contribution in [1.29, 1.82) is 0 Å². The molecule has 0 unspecified atom stereocenters. The summed E-state index contributed by atoms with van der Waals surface area (Å²) in [4.78, 5) is 12.1. The summed E-state index contributed by atoms with van der Waals surface area (Å²) in [5.41, 5.74) is 0.950. The first-order valence-electron chi connectivity index (χ1n) is 7.44. The Morgan fingerprint density at radius 1 is 1.52 bits per heavy atom. The Balaban J connectivity index is 1.53. The fourth-order valence-corrected chi connectivity index (χ4v) is 2.30. The third kappa shape index (κ3) is 4.79. The zero-order valence-corrected chi connectivity index (χ0v) is 12.9. The fraction of sp³-hybridized carbons (Fsp3) is 0.429. The van der Waals surface area contributed by atoms with Crippen LogP contribution in [0.2, 0.25) is 0 Å². The highest BCUT2D eigenvalue weighted by atomic mass is 19.4. The van der Waals surface area contributed by atoms with Crippen molar-refractivity contribution in [2.75, 3.05) is 18.5 Å². The van der Waals surface area contributed by atoms with E-state index < -0.39 is 18.9 Å². The van der Waals surface area contributed by atoms with E-state index in [4.69, 9.17) is 4.74 Å². The average Bonchev–Trinajstić information content (AvgIpc) is 3.27. The van der Waals surface area contributed by atoms with Crippen LogP contribution in [0.1, 0.15) is 28.6 Å². The lowest BCUT2D eigenvalue weighted by Gasteiger charge is -2.06. The number of hydrogen-bond acceptors (Lipinski definition) is 5. The molecular formula is C14H15F3N5O3. The minimum absolute atomic E-state index is 0.102. The molecule has 1 atom stereocenters. The Morgan fingerprint density at radius 3 is 3.08 bits per heavy atom. The monoisotopic (exact) mass is 358 g/mol. The maximum Gasteiger partial charge on any atom is 0.522 e. The van der Waals surface area contributed by atoms with E-state index in [1.54, 1.807) is 6.07 Å². The van der Waals surface area contributed by atoms with Crippen LogP contribution in [0.4, 0.5) is 19.0 Å². The SMILES string of the molecule is O=C(Nc1cc([C@@H]2C[CH]CO2)[nH]n1)c1cnn(CCOC(F)(F)F)c1. The van der Waals surface area contributed by atoms with E-state index in [2.05, 4.69) is 25.3 Å². The van der Waals surface area contributed by atoms with Gasteiger partial charge >= 0.3 is 6.36 Å². The van der Waals surface area contributed by atoms with Gasteiger partial charge in [0.1, 0.15) is 0 Å². The zero-order chi connectivity index (χ0) is 17.9. The second-order valence-electron chi connectivity index (χ2n) is 5.30. The number of hydrogen-bond donors (Lipinski definition) is 2. The van der Waals surface area contributed by atoms with Crippen molar-refractivity contribution in [3.63, 3.8) is 0 Å². The molecule has 0 aromatic carbocycles. The molecule has 1 amide bonds. The number of anilines is 1. The third-order valence-electron chi connectivity index (χ3n) is 3.46. The minimum Gasteiger partial charge on any atom is -0.372 e. The lowest BCUT2D eigenvalue weighted by Crippen LogP contribution is -2.17. The topological polar surface area (TPSA) is 94.1 Å². The third-order valence-corrected chi connectivity index (χ3v) is 3.46. The van der Waals surface area contributed by atoms with Gasteiger partial charge in [0.15, 0.2) is 5.82 Å². The van der Waals surface area contributed by atoms with Gasteiger partial charge in [-0.05, 0) is 12.8 Å². The van der Waals surface area contributed by atoms with Crippen LogP contribution in [0.3, 0.4) is 0 Å². The Labute approximate surface area is 140 Å². The highest BCUT2D eigenvalue weighted by Crippen LogP contribution is 2.27. The van der Waals surface area contributed by atoms with Gasteiger partial charge in [-0.2, -0.15) is 10.2 Å². The van der Waals surface area contributed by atoms with E-state index in [0.717, 1.165) is 12.1 Å². The predicted molar refractivity (Wildman–Crippen MR) is 78.4 cm³/mol. The molecule has 3 rings (SSSR count). The summed E-state index contributed by atoms with van der Waals surface area (Å²) in [6, 6.07) is 1.67. The summed E-state index contributed by atoms with van der Waals surface area (Å²) < 4.78 is 46.0. The number of aromatic amines is 1. The van der Waals surface area contributed by atoms with Crippen LogP contribution >= 0.6 is 0 Å². The van der Waals surface area contributed by atoms with E-state index in [-0.39, 0.29) is 18.2 Å². The maximum absolute atomic E-state index is 12.1. The molecule has 1 aliphatic heterocycles. The normalized spacial score (nSPS) is 17.8. The number of carbonyl (C=O) groups is 1. The van der Waals surface area contributed by atoms with Crippen LogP contribution in [0.5, 0.6) is 0 Å². The summed E-state index contributed by atoms with van der Waals surface area (Å²) in [6.07, 6.45) is 0.562. The van der Waals surface area contributed by atoms with E-state index in [1.807, 2.05) is 6.42 Å². The number of carbonyl (C=O) groups excluding carboxylic acids is 1. The maximum atomic E-state index is 12.1. The molecule has 25 heavy (non-hydrogen) atoms. The van der Waals surface area contributed by atoms with Crippen molar-refractivity contribution in [2.45, 2.75) is 25.4 Å². The van der Waals surface area contributed by atoms with Gasteiger partial charge in [0.2, 0.25) is 0 Å². The van der Waals surface area contributed by atoms with Crippen molar-refractivity contribution in [3.05, 3.63) is 36.1 Å². The summed E-state index contributed by atoms with van der Waals surface area (Å²) in [5.74, 6) is -0.149. The number of alkyl halides is 3. The number of ether oxygens (including phenoxy) is 2. The van der Waals surface area contributed by atoms with Crippen LogP contribution in [-0.4, -0.2) is 45.5 Å². The molecule has 0 aliphatic carbocycles. The number of amides is 1. The Bertz CT molecular complexity index is 721. The van der Waals surface area contributed by atoms with Gasteiger partial charge in [-0.1, -0.05) is 0 Å². The van der Waals surface area contributed by atoms with Gasteiger partial charge < -0.3 is 10.1 Å².